The summed E-state index contributed by atoms with van der Waals surface area (Å²) in [5, 5.41) is 2.79. The fourth-order valence-corrected chi connectivity index (χ4v) is 2.15. The summed E-state index contributed by atoms with van der Waals surface area (Å²) in [4.78, 5) is 4.25. The molecule has 2 aromatic rings. The number of alkyl halides is 3. The van der Waals surface area contributed by atoms with Gasteiger partial charge in [-0.25, -0.2) is 0 Å². The highest BCUT2D eigenvalue weighted by Gasteiger charge is 2.33. The second kappa shape index (κ2) is 5.83. The van der Waals surface area contributed by atoms with Crippen molar-refractivity contribution in [1.82, 2.24) is 4.98 Å². The van der Waals surface area contributed by atoms with E-state index >= 15 is 0 Å². The monoisotopic (exact) mass is 344 g/mol. The molecule has 0 bridgehead atoms. The summed E-state index contributed by atoms with van der Waals surface area (Å²) in [6.07, 6.45) is -4.39. The van der Waals surface area contributed by atoms with Crippen molar-refractivity contribution in [3.05, 3.63) is 57.8 Å². The molecule has 0 aliphatic carbocycles. The van der Waals surface area contributed by atoms with Gasteiger partial charge in [0.15, 0.2) is 0 Å². The molecule has 0 fully saturated rings. The van der Waals surface area contributed by atoms with Gasteiger partial charge < -0.3 is 5.32 Å². The molecule has 0 aliphatic heterocycles. The van der Waals surface area contributed by atoms with E-state index in [1.54, 1.807) is 6.07 Å². The lowest BCUT2D eigenvalue weighted by Crippen LogP contribution is -2.11. The molecule has 0 aliphatic rings. The molecule has 0 unspecified atom stereocenters. The molecule has 1 aromatic carbocycles. The first-order chi connectivity index (χ1) is 9.36. The van der Waals surface area contributed by atoms with Crippen LogP contribution in [0.5, 0.6) is 0 Å². The van der Waals surface area contributed by atoms with Crippen LogP contribution in [0.1, 0.15) is 17.0 Å². The predicted octanol–water partition coefficient (Wildman–Crippen LogP) is 4.78. The van der Waals surface area contributed by atoms with E-state index in [4.69, 9.17) is 0 Å². The molecule has 20 heavy (non-hydrogen) atoms. The molecule has 2 rings (SSSR count). The lowest BCUT2D eigenvalue weighted by atomic mass is 10.1. The van der Waals surface area contributed by atoms with Crippen LogP contribution in [0, 0.1) is 6.92 Å². The van der Waals surface area contributed by atoms with Gasteiger partial charge in [0.05, 0.1) is 17.8 Å². The zero-order chi connectivity index (χ0) is 14.8. The molecular weight excluding hydrogens is 333 g/mol. The lowest BCUT2D eigenvalue weighted by Gasteiger charge is -2.15. The Morgan fingerprint density at radius 2 is 1.95 bits per heavy atom. The number of nitrogens with zero attached hydrogens (tertiary/aromatic N) is 1. The molecule has 6 heteroatoms. The number of pyridine rings is 1. The first-order valence-corrected chi connectivity index (χ1v) is 6.69. The average Bonchev–Trinajstić information content (AvgIpc) is 2.35. The van der Waals surface area contributed by atoms with Crippen LogP contribution in [0.4, 0.5) is 18.9 Å². The van der Waals surface area contributed by atoms with Crippen LogP contribution < -0.4 is 5.32 Å². The summed E-state index contributed by atoms with van der Waals surface area (Å²) in [7, 11) is 0. The van der Waals surface area contributed by atoms with E-state index in [0.29, 0.717) is 10.2 Å². The molecule has 1 heterocycles. The zero-order valence-electron chi connectivity index (χ0n) is 10.6. The number of anilines is 1. The molecule has 0 atom stereocenters. The highest BCUT2D eigenvalue weighted by atomic mass is 79.9. The summed E-state index contributed by atoms with van der Waals surface area (Å²) < 4.78 is 39.3. The van der Waals surface area contributed by atoms with Gasteiger partial charge in [-0.1, -0.05) is 22.0 Å². The summed E-state index contributed by atoms with van der Waals surface area (Å²) in [5.41, 5.74) is 0.872. The molecule has 1 aromatic heterocycles. The minimum Gasteiger partial charge on any atom is -0.379 e. The Bertz CT molecular complexity index is 612. The van der Waals surface area contributed by atoms with Crippen molar-refractivity contribution in [2.24, 2.45) is 0 Å². The Morgan fingerprint density at radius 3 is 2.60 bits per heavy atom. The van der Waals surface area contributed by atoms with Crippen LogP contribution in [0.25, 0.3) is 0 Å². The molecule has 0 spiro atoms. The Hall–Kier alpha value is -1.56. The van der Waals surface area contributed by atoms with E-state index in [1.807, 2.05) is 19.1 Å². The molecular formula is C14H12BrF3N2. The third kappa shape index (κ3) is 3.72. The zero-order valence-corrected chi connectivity index (χ0v) is 12.2. The Balaban J connectivity index is 2.22. The SMILES string of the molecule is Cc1cccc(CNc2cc(Br)ccc2C(F)(F)F)n1. The summed E-state index contributed by atoms with van der Waals surface area (Å²) >= 11 is 3.18. The van der Waals surface area contributed by atoms with Gasteiger partial charge in [-0.3, -0.25) is 4.98 Å². The smallest absolute Gasteiger partial charge is 0.379 e. The topological polar surface area (TPSA) is 24.9 Å². The van der Waals surface area contributed by atoms with Crippen molar-refractivity contribution in [2.75, 3.05) is 5.32 Å². The van der Waals surface area contributed by atoms with Crippen molar-refractivity contribution in [3.63, 3.8) is 0 Å². The summed E-state index contributed by atoms with van der Waals surface area (Å²) in [6.45, 7) is 2.07. The maximum atomic E-state index is 12.9. The van der Waals surface area contributed by atoms with Gasteiger partial charge in [-0.15, -0.1) is 0 Å². The van der Waals surface area contributed by atoms with Crippen LogP contribution in [0.2, 0.25) is 0 Å². The predicted molar refractivity (Wildman–Crippen MR) is 75.4 cm³/mol. The Morgan fingerprint density at radius 1 is 1.20 bits per heavy atom. The summed E-state index contributed by atoms with van der Waals surface area (Å²) in [5.74, 6) is 0. The fourth-order valence-electron chi connectivity index (χ4n) is 1.79. The van der Waals surface area contributed by atoms with E-state index in [0.717, 1.165) is 11.8 Å². The van der Waals surface area contributed by atoms with Crippen molar-refractivity contribution in [3.8, 4) is 0 Å². The minimum absolute atomic E-state index is 0.0372. The lowest BCUT2D eigenvalue weighted by molar-refractivity contribution is -0.137. The van der Waals surface area contributed by atoms with Gasteiger partial charge in [-0.05, 0) is 37.3 Å². The number of rotatable bonds is 3. The number of hydrogen-bond donors (Lipinski definition) is 1. The number of benzene rings is 1. The molecule has 2 nitrogen and oxygen atoms in total. The van der Waals surface area contributed by atoms with Crippen LogP contribution in [-0.4, -0.2) is 4.98 Å². The van der Waals surface area contributed by atoms with Gasteiger partial charge in [0.2, 0.25) is 0 Å². The largest absolute Gasteiger partial charge is 0.418 e. The number of aryl methyl sites for hydroxylation is 1. The van der Waals surface area contributed by atoms with E-state index in [-0.39, 0.29) is 12.2 Å². The third-order valence-corrected chi connectivity index (χ3v) is 3.19. The second-order valence-electron chi connectivity index (χ2n) is 4.31. The molecule has 0 saturated carbocycles. The fraction of sp³-hybridized carbons (Fsp3) is 0.214. The van der Waals surface area contributed by atoms with E-state index in [9.17, 15) is 13.2 Å². The van der Waals surface area contributed by atoms with Gasteiger partial charge >= 0.3 is 6.18 Å². The van der Waals surface area contributed by atoms with Gasteiger partial charge in [0.1, 0.15) is 0 Å². The van der Waals surface area contributed by atoms with Crippen LogP contribution in [0.15, 0.2) is 40.9 Å². The van der Waals surface area contributed by atoms with Gasteiger partial charge in [0.25, 0.3) is 0 Å². The number of hydrogen-bond acceptors (Lipinski definition) is 2. The standard InChI is InChI=1S/C14H12BrF3N2/c1-9-3-2-4-11(20-9)8-19-13-7-10(15)5-6-12(13)14(16,17)18/h2-7,19H,8H2,1H3. The van der Waals surface area contributed by atoms with E-state index < -0.39 is 11.7 Å². The minimum atomic E-state index is -4.39. The highest BCUT2D eigenvalue weighted by Crippen LogP contribution is 2.36. The van der Waals surface area contributed by atoms with Crippen LogP contribution >= 0.6 is 15.9 Å². The second-order valence-corrected chi connectivity index (χ2v) is 5.23. The van der Waals surface area contributed by atoms with Crippen LogP contribution in [0.3, 0.4) is 0 Å². The number of nitrogens with one attached hydrogen (secondary N) is 1. The van der Waals surface area contributed by atoms with Gasteiger partial charge in [0, 0.05) is 15.9 Å². The van der Waals surface area contributed by atoms with E-state index in [1.165, 1.54) is 12.1 Å². The maximum Gasteiger partial charge on any atom is 0.418 e. The van der Waals surface area contributed by atoms with Crippen molar-refractivity contribution < 1.29 is 13.2 Å². The Kier molecular flexibility index (Phi) is 4.32. The average molecular weight is 345 g/mol. The normalized spacial score (nSPS) is 11.4. The van der Waals surface area contributed by atoms with Crippen molar-refractivity contribution in [2.45, 2.75) is 19.6 Å². The molecule has 0 radical (unpaired) electrons. The van der Waals surface area contributed by atoms with Gasteiger partial charge in [-0.2, -0.15) is 13.2 Å². The van der Waals surface area contributed by atoms with Crippen LogP contribution in [-0.2, 0) is 12.7 Å². The first kappa shape index (κ1) is 14.8. The van der Waals surface area contributed by atoms with Crippen molar-refractivity contribution in [1.29, 1.82) is 0 Å². The third-order valence-electron chi connectivity index (χ3n) is 2.69. The molecule has 1 N–H and O–H groups in total. The molecule has 106 valence electrons. The number of aromatic nitrogens is 1. The maximum absolute atomic E-state index is 12.9. The molecule has 0 saturated heterocycles. The van der Waals surface area contributed by atoms with E-state index in [2.05, 4.69) is 26.2 Å². The molecule has 0 amide bonds. The first-order valence-electron chi connectivity index (χ1n) is 5.89. The number of halogens is 4. The summed E-state index contributed by atoms with van der Waals surface area (Å²) in [6, 6.07) is 9.27. The Labute approximate surface area is 123 Å². The highest BCUT2D eigenvalue weighted by molar-refractivity contribution is 9.10. The quantitative estimate of drug-likeness (QED) is 0.866. The van der Waals surface area contributed by atoms with Crippen molar-refractivity contribution >= 4 is 21.6 Å².